The number of carboxylic acid groups (broad SMARTS) is 1. The van der Waals surface area contributed by atoms with Crippen molar-refractivity contribution in [3.8, 4) is 0 Å². The van der Waals surface area contributed by atoms with E-state index in [1.165, 1.54) is 141 Å². The molecule has 1 fully saturated rings. The van der Waals surface area contributed by atoms with Crippen molar-refractivity contribution < 1.29 is 53.8 Å². The second kappa shape index (κ2) is 37.9. The maximum atomic E-state index is 12.7. The van der Waals surface area contributed by atoms with Crippen LogP contribution in [0.25, 0.3) is 0 Å². The highest BCUT2D eigenvalue weighted by atomic mass is 16.7. The Morgan fingerprint density at radius 2 is 0.914 bits per heavy atom. The Bertz CT molecular complexity index is 1020. The molecule has 340 valence electrons. The van der Waals surface area contributed by atoms with Gasteiger partial charge in [0.25, 0.3) is 0 Å². The van der Waals surface area contributed by atoms with Crippen molar-refractivity contribution >= 4 is 17.9 Å². The molecular weight excluding hydrogens is 741 g/mol. The summed E-state index contributed by atoms with van der Waals surface area (Å²) in [6.45, 7) is 3.82. The van der Waals surface area contributed by atoms with Gasteiger partial charge in [0.2, 0.25) is 0 Å². The summed E-state index contributed by atoms with van der Waals surface area (Å²) >= 11 is 0. The zero-order chi connectivity index (χ0) is 42.5. The molecule has 1 rings (SSSR count). The van der Waals surface area contributed by atoms with Crippen molar-refractivity contribution in [3.05, 3.63) is 12.2 Å². The number of aliphatic carboxylic acids is 1. The quantitative estimate of drug-likeness (QED) is 0.0263. The third-order valence-electron chi connectivity index (χ3n) is 11.1. The zero-order valence-electron chi connectivity index (χ0n) is 36.8. The maximum Gasteiger partial charge on any atom is 0.335 e. The molecule has 6 atom stereocenters. The average Bonchev–Trinajstić information content (AvgIpc) is 3.21. The van der Waals surface area contributed by atoms with Gasteiger partial charge in [-0.05, 0) is 38.5 Å². The Balaban J connectivity index is 2.28. The van der Waals surface area contributed by atoms with Crippen molar-refractivity contribution in [2.24, 2.45) is 0 Å². The number of carboxylic acids is 1. The van der Waals surface area contributed by atoms with Crippen LogP contribution in [0.3, 0.4) is 0 Å². The molecule has 0 spiro atoms. The van der Waals surface area contributed by atoms with E-state index in [2.05, 4.69) is 26.0 Å². The van der Waals surface area contributed by atoms with Gasteiger partial charge in [0.05, 0.1) is 6.61 Å². The van der Waals surface area contributed by atoms with Gasteiger partial charge in [-0.15, -0.1) is 0 Å². The number of aliphatic hydroxyl groups is 3. The molecule has 0 aromatic carbocycles. The standard InChI is InChI=1S/C47H86O11/c1-3-5-7-9-11-13-15-16-17-18-19-20-21-22-23-24-26-27-29-31-33-35-40(48)55-37-39(38-56-47-44(52)42(50)43(51)45(58-47)46(53)54)57-41(49)36-34-32-30-28-25-14-12-10-8-6-4-2/h18-19,39,42-45,47,50-52H,3-17,20-38H2,1-2H3,(H,53,54)/b19-18-. The maximum absolute atomic E-state index is 12.7. The van der Waals surface area contributed by atoms with Gasteiger partial charge in [0.1, 0.15) is 24.9 Å². The molecule has 11 heteroatoms. The predicted molar refractivity (Wildman–Crippen MR) is 229 cm³/mol. The van der Waals surface area contributed by atoms with Crippen LogP contribution in [0.4, 0.5) is 0 Å². The first-order chi connectivity index (χ1) is 28.2. The van der Waals surface area contributed by atoms with Crippen molar-refractivity contribution in [1.29, 1.82) is 0 Å². The Hall–Kier alpha value is -2.05. The first-order valence-corrected chi connectivity index (χ1v) is 23.7. The monoisotopic (exact) mass is 827 g/mol. The van der Waals surface area contributed by atoms with Crippen molar-refractivity contribution in [2.45, 2.75) is 256 Å². The molecule has 1 saturated heterocycles. The summed E-state index contributed by atoms with van der Waals surface area (Å²) in [6, 6.07) is 0. The van der Waals surface area contributed by atoms with E-state index >= 15 is 0 Å². The van der Waals surface area contributed by atoms with Crippen LogP contribution in [0.15, 0.2) is 12.2 Å². The Kier molecular flexibility index (Phi) is 35.3. The highest BCUT2D eigenvalue weighted by molar-refractivity contribution is 5.73. The van der Waals surface area contributed by atoms with Gasteiger partial charge in [-0.3, -0.25) is 9.59 Å². The lowest BCUT2D eigenvalue weighted by atomic mass is 9.99. The van der Waals surface area contributed by atoms with E-state index in [1.54, 1.807) is 0 Å². The van der Waals surface area contributed by atoms with E-state index in [0.717, 1.165) is 38.5 Å². The van der Waals surface area contributed by atoms with Crippen LogP contribution in [0.1, 0.15) is 219 Å². The van der Waals surface area contributed by atoms with Crippen LogP contribution < -0.4 is 0 Å². The van der Waals surface area contributed by atoms with E-state index in [1.807, 2.05) is 0 Å². The second-order valence-electron chi connectivity index (χ2n) is 16.6. The third-order valence-corrected chi connectivity index (χ3v) is 11.1. The summed E-state index contributed by atoms with van der Waals surface area (Å²) in [7, 11) is 0. The van der Waals surface area contributed by atoms with Crippen LogP contribution in [0.5, 0.6) is 0 Å². The fourth-order valence-corrected chi connectivity index (χ4v) is 7.35. The van der Waals surface area contributed by atoms with Crippen molar-refractivity contribution in [2.75, 3.05) is 13.2 Å². The van der Waals surface area contributed by atoms with Crippen molar-refractivity contribution in [1.82, 2.24) is 0 Å². The van der Waals surface area contributed by atoms with Gasteiger partial charge in [0, 0.05) is 12.8 Å². The number of carbonyl (C=O) groups excluding carboxylic acids is 2. The highest BCUT2D eigenvalue weighted by Gasteiger charge is 2.47. The Labute approximate surface area is 352 Å². The van der Waals surface area contributed by atoms with Crippen LogP contribution >= 0.6 is 0 Å². The van der Waals surface area contributed by atoms with Crippen molar-refractivity contribution in [3.63, 3.8) is 0 Å². The first-order valence-electron chi connectivity index (χ1n) is 23.7. The van der Waals surface area contributed by atoms with Gasteiger partial charge in [-0.1, -0.05) is 180 Å². The minimum absolute atomic E-state index is 0.187. The molecule has 58 heavy (non-hydrogen) atoms. The van der Waals surface area contributed by atoms with Crippen LogP contribution in [-0.2, 0) is 33.3 Å². The molecule has 1 aliphatic rings. The number of hydrogen-bond donors (Lipinski definition) is 4. The predicted octanol–water partition coefficient (Wildman–Crippen LogP) is 10.4. The SMILES string of the molecule is CCCCCCCCCC/C=C\CCCCCCCCCCCC(=O)OCC(COC1OC(C(=O)O)C(O)C(O)C1O)OC(=O)CCCCCCCCCCCCC. The van der Waals surface area contributed by atoms with Gasteiger partial charge >= 0.3 is 17.9 Å². The molecule has 0 amide bonds. The topological polar surface area (TPSA) is 169 Å². The van der Waals surface area contributed by atoms with E-state index in [9.17, 15) is 34.8 Å². The van der Waals surface area contributed by atoms with Crippen LogP contribution in [0.2, 0.25) is 0 Å². The number of rotatable bonds is 40. The van der Waals surface area contributed by atoms with Gasteiger partial charge in [0.15, 0.2) is 18.5 Å². The minimum atomic E-state index is -1.86. The average molecular weight is 827 g/mol. The molecule has 0 aromatic heterocycles. The number of hydrogen-bond acceptors (Lipinski definition) is 10. The third kappa shape index (κ3) is 29.2. The van der Waals surface area contributed by atoms with E-state index in [0.29, 0.717) is 12.8 Å². The number of carbonyl (C=O) groups is 3. The number of ether oxygens (including phenoxy) is 4. The molecule has 1 heterocycles. The Morgan fingerprint density at radius 3 is 1.34 bits per heavy atom. The van der Waals surface area contributed by atoms with E-state index in [-0.39, 0.29) is 26.1 Å². The van der Waals surface area contributed by atoms with Crippen LogP contribution in [0, 0.1) is 0 Å². The number of unbranched alkanes of at least 4 members (excludes halogenated alkanes) is 27. The summed E-state index contributed by atoms with van der Waals surface area (Å²) in [5.41, 5.74) is 0. The lowest BCUT2D eigenvalue weighted by Gasteiger charge is -2.38. The molecule has 6 unspecified atom stereocenters. The van der Waals surface area contributed by atoms with E-state index in [4.69, 9.17) is 18.9 Å². The minimum Gasteiger partial charge on any atom is -0.479 e. The van der Waals surface area contributed by atoms with E-state index < -0.39 is 54.7 Å². The lowest BCUT2D eigenvalue weighted by Crippen LogP contribution is -2.60. The number of esters is 2. The first kappa shape index (κ1) is 54.0. The fraction of sp³-hybridized carbons (Fsp3) is 0.894. The smallest absolute Gasteiger partial charge is 0.335 e. The van der Waals surface area contributed by atoms with Gasteiger partial charge < -0.3 is 39.4 Å². The fourth-order valence-electron chi connectivity index (χ4n) is 7.35. The molecule has 0 saturated carbocycles. The zero-order valence-corrected chi connectivity index (χ0v) is 36.8. The normalized spacial score (nSPS) is 20.1. The molecule has 0 aromatic rings. The second-order valence-corrected chi connectivity index (χ2v) is 16.6. The summed E-state index contributed by atoms with van der Waals surface area (Å²) in [5.74, 6) is -2.43. The molecule has 0 aliphatic carbocycles. The van der Waals surface area contributed by atoms with Gasteiger partial charge in [-0.25, -0.2) is 4.79 Å². The number of aliphatic hydroxyl groups excluding tert-OH is 3. The highest BCUT2D eigenvalue weighted by Crippen LogP contribution is 2.23. The Morgan fingerprint density at radius 1 is 0.517 bits per heavy atom. The van der Waals surface area contributed by atoms with Gasteiger partial charge in [-0.2, -0.15) is 0 Å². The molecule has 4 N–H and O–H groups in total. The molecule has 11 nitrogen and oxygen atoms in total. The summed E-state index contributed by atoms with van der Waals surface area (Å²) in [5, 5.41) is 39.8. The molecular formula is C47H86O11. The number of allylic oxidation sites excluding steroid dienone is 2. The molecule has 1 aliphatic heterocycles. The summed E-state index contributed by atoms with van der Waals surface area (Å²) < 4.78 is 21.7. The lowest BCUT2D eigenvalue weighted by molar-refractivity contribution is -0.298. The molecule has 0 bridgehead atoms. The summed E-state index contributed by atoms with van der Waals surface area (Å²) in [6.07, 6.45) is 31.3. The van der Waals surface area contributed by atoms with Crippen LogP contribution in [-0.4, -0.2) is 88.4 Å². The molecule has 0 radical (unpaired) electrons. The largest absolute Gasteiger partial charge is 0.479 e. The summed E-state index contributed by atoms with van der Waals surface area (Å²) in [4.78, 5) is 36.8.